The van der Waals surface area contributed by atoms with E-state index in [0.29, 0.717) is 6.04 Å². The van der Waals surface area contributed by atoms with Gasteiger partial charge in [0.25, 0.3) is 0 Å². The van der Waals surface area contributed by atoms with Crippen molar-refractivity contribution in [1.82, 2.24) is 9.80 Å². The van der Waals surface area contributed by atoms with Crippen LogP contribution in [0.1, 0.15) is 49.3 Å². The zero-order chi connectivity index (χ0) is 15.4. The van der Waals surface area contributed by atoms with Crippen LogP contribution in [0.5, 0.6) is 5.75 Å². The molecule has 1 aromatic carbocycles. The lowest BCUT2D eigenvalue weighted by Crippen LogP contribution is -2.32. The number of likely N-dealkylation sites (tertiary alicyclic amines) is 1. The van der Waals surface area contributed by atoms with Crippen molar-refractivity contribution in [2.45, 2.75) is 44.6 Å². The minimum absolute atomic E-state index is 0.639. The predicted octanol–water partition coefficient (Wildman–Crippen LogP) is 3.49. The lowest BCUT2D eigenvalue weighted by atomic mass is 10.0. The van der Waals surface area contributed by atoms with Crippen LogP contribution >= 0.6 is 0 Å². The molecule has 2 aliphatic rings. The Morgan fingerprint density at radius 2 is 2.00 bits per heavy atom. The Bertz CT molecular complexity index is 480. The maximum absolute atomic E-state index is 6.09. The molecule has 3 nitrogen and oxygen atoms in total. The van der Waals surface area contributed by atoms with Gasteiger partial charge in [0.2, 0.25) is 0 Å². The van der Waals surface area contributed by atoms with Crippen molar-refractivity contribution in [3.63, 3.8) is 0 Å². The number of hydrogen-bond donors (Lipinski definition) is 0. The molecule has 0 radical (unpaired) electrons. The third-order valence-electron chi connectivity index (χ3n) is 5.03. The van der Waals surface area contributed by atoms with E-state index in [9.17, 15) is 0 Å². The molecule has 0 spiro atoms. The number of benzene rings is 1. The summed E-state index contributed by atoms with van der Waals surface area (Å²) < 4.78 is 6.09. The van der Waals surface area contributed by atoms with Crippen LogP contribution in [0.3, 0.4) is 0 Å². The molecule has 1 fully saturated rings. The van der Waals surface area contributed by atoms with E-state index >= 15 is 0 Å². The zero-order valence-electron chi connectivity index (χ0n) is 14.2. The fraction of sp³-hybridized carbons (Fsp3) is 0.684. The van der Waals surface area contributed by atoms with Gasteiger partial charge in [-0.25, -0.2) is 0 Å². The SMILES string of the molecule is CN(C)CCCOc1cccc2c1CCC2N1CCCCC1. The number of ether oxygens (including phenoxy) is 1. The van der Waals surface area contributed by atoms with E-state index in [1.165, 1.54) is 56.3 Å². The fourth-order valence-electron chi connectivity index (χ4n) is 3.91. The molecular weight excluding hydrogens is 272 g/mol. The first-order valence-corrected chi connectivity index (χ1v) is 8.89. The van der Waals surface area contributed by atoms with Crippen molar-refractivity contribution >= 4 is 0 Å². The van der Waals surface area contributed by atoms with Gasteiger partial charge < -0.3 is 9.64 Å². The maximum atomic E-state index is 6.09. The molecule has 3 heteroatoms. The van der Waals surface area contributed by atoms with Crippen LogP contribution < -0.4 is 4.74 Å². The Morgan fingerprint density at radius 3 is 2.77 bits per heavy atom. The number of fused-ring (bicyclic) bond motifs is 1. The topological polar surface area (TPSA) is 15.7 Å². The van der Waals surface area contributed by atoms with Gasteiger partial charge in [-0.3, -0.25) is 4.90 Å². The smallest absolute Gasteiger partial charge is 0.122 e. The molecule has 1 heterocycles. The van der Waals surface area contributed by atoms with Gasteiger partial charge in [0.15, 0.2) is 0 Å². The van der Waals surface area contributed by atoms with E-state index in [-0.39, 0.29) is 0 Å². The fourth-order valence-corrected chi connectivity index (χ4v) is 3.91. The molecule has 1 saturated heterocycles. The highest BCUT2D eigenvalue weighted by Crippen LogP contribution is 2.41. The molecule has 122 valence electrons. The third kappa shape index (κ3) is 3.64. The van der Waals surface area contributed by atoms with Crippen LogP contribution in [0.4, 0.5) is 0 Å². The molecule has 0 bridgehead atoms. The van der Waals surface area contributed by atoms with Crippen molar-refractivity contribution in [2.75, 3.05) is 40.3 Å². The summed E-state index contributed by atoms with van der Waals surface area (Å²) in [5.41, 5.74) is 3.01. The van der Waals surface area contributed by atoms with Gasteiger partial charge in [0, 0.05) is 12.6 Å². The van der Waals surface area contributed by atoms with Crippen molar-refractivity contribution in [3.8, 4) is 5.75 Å². The van der Waals surface area contributed by atoms with Gasteiger partial charge in [-0.1, -0.05) is 18.6 Å². The molecule has 0 amide bonds. The van der Waals surface area contributed by atoms with Crippen LogP contribution in [-0.2, 0) is 6.42 Å². The van der Waals surface area contributed by atoms with Crippen molar-refractivity contribution in [2.24, 2.45) is 0 Å². The Hall–Kier alpha value is -1.06. The highest BCUT2D eigenvalue weighted by molar-refractivity contribution is 5.45. The first-order valence-electron chi connectivity index (χ1n) is 8.89. The van der Waals surface area contributed by atoms with Gasteiger partial charge in [-0.15, -0.1) is 0 Å². The summed E-state index contributed by atoms with van der Waals surface area (Å²) >= 11 is 0. The van der Waals surface area contributed by atoms with E-state index in [1.807, 2.05) is 0 Å². The minimum Gasteiger partial charge on any atom is -0.493 e. The summed E-state index contributed by atoms with van der Waals surface area (Å²) in [6.07, 6.45) is 7.68. The molecule has 22 heavy (non-hydrogen) atoms. The molecule has 0 N–H and O–H groups in total. The van der Waals surface area contributed by atoms with Crippen LogP contribution in [-0.4, -0.2) is 50.1 Å². The van der Waals surface area contributed by atoms with Crippen molar-refractivity contribution in [1.29, 1.82) is 0 Å². The Labute approximate surface area is 135 Å². The third-order valence-corrected chi connectivity index (χ3v) is 5.03. The number of piperidine rings is 1. The molecule has 1 aliphatic heterocycles. The van der Waals surface area contributed by atoms with Crippen LogP contribution in [0, 0.1) is 0 Å². The lowest BCUT2D eigenvalue weighted by Gasteiger charge is -2.32. The average Bonchev–Trinajstić information content (AvgIpc) is 2.97. The summed E-state index contributed by atoms with van der Waals surface area (Å²) in [4.78, 5) is 4.91. The van der Waals surface area contributed by atoms with Crippen LogP contribution in [0.15, 0.2) is 18.2 Å². The molecule has 1 aromatic rings. The highest BCUT2D eigenvalue weighted by atomic mass is 16.5. The van der Waals surface area contributed by atoms with Gasteiger partial charge in [0.1, 0.15) is 5.75 Å². The van der Waals surface area contributed by atoms with E-state index in [0.717, 1.165) is 25.3 Å². The number of hydrogen-bond acceptors (Lipinski definition) is 3. The molecule has 0 saturated carbocycles. The molecule has 1 unspecified atom stereocenters. The van der Waals surface area contributed by atoms with E-state index in [2.05, 4.69) is 42.1 Å². The standard InChI is InChI=1S/C19H30N2O/c1-20(2)12-7-15-22-19-9-6-8-16-17(19)10-11-18(16)21-13-4-3-5-14-21/h6,8-9,18H,3-5,7,10-15H2,1-2H3. The molecule has 0 aromatic heterocycles. The Kier molecular flexibility index (Phi) is 5.37. The summed E-state index contributed by atoms with van der Waals surface area (Å²) in [6.45, 7) is 4.46. The molecular formula is C19H30N2O. The summed E-state index contributed by atoms with van der Waals surface area (Å²) in [5, 5.41) is 0. The predicted molar refractivity (Wildman–Crippen MR) is 91.6 cm³/mol. The Morgan fingerprint density at radius 1 is 1.18 bits per heavy atom. The minimum atomic E-state index is 0.639. The monoisotopic (exact) mass is 302 g/mol. The first-order chi connectivity index (χ1) is 10.8. The van der Waals surface area contributed by atoms with E-state index < -0.39 is 0 Å². The largest absolute Gasteiger partial charge is 0.493 e. The van der Waals surface area contributed by atoms with Gasteiger partial charge in [0.05, 0.1) is 6.61 Å². The summed E-state index contributed by atoms with van der Waals surface area (Å²) in [5.74, 6) is 1.13. The second-order valence-corrected chi connectivity index (χ2v) is 6.98. The summed E-state index contributed by atoms with van der Waals surface area (Å²) in [6, 6.07) is 7.31. The van der Waals surface area contributed by atoms with Crippen LogP contribution in [0.2, 0.25) is 0 Å². The lowest BCUT2D eigenvalue weighted by molar-refractivity contribution is 0.163. The van der Waals surface area contributed by atoms with Crippen molar-refractivity contribution < 1.29 is 4.74 Å². The van der Waals surface area contributed by atoms with E-state index in [4.69, 9.17) is 4.74 Å². The highest BCUT2D eigenvalue weighted by Gasteiger charge is 2.30. The number of rotatable bonds is 6. The Balaban J connectivity index is 1.64. The van der Waals surface area contributed by atoms with Crippen LogP contribution in [0.25, 0.3) is 0 Å². The number of nitrogens with zero attached hydrogens (tertiary/aromatic N) is 2. The van der Waals surface area contributed by atoms with Crippen molar-refractivity contribution in [3.05, 3.63) is 29.3 Å². The second kappa shape index (κ2) is 7.47. The van der Waals surface area contributed by atoms with Gasteiger partial charge in [-0.2, -0.15) is 0 Å². The quantitative estimate of drug-likeness (QED) is 0.748. The zero-order valence-corrected chi connectivity index (χ0v) is 14.2. The second-order valence-electron chi connectivity index (χ2n) is 6.98. The molecule has 1 aliphatic carbocycles. The summed E-state index contributed by atoms with van der Waals surface area (Å²) in [7, 11) is 4.23. The normalized spacial score (nSPS) is 22.0. The van der Waals surface area contributed by atoms with Gasteiger partial charge >= 0.3 is 0 Å². The average molecular weight is 302 g/mol. The van der Waals surface area contributed by atoms with E-state index in [1.54, 1.807) is 0 Å². The van der Waals surface area contributed by atoms with Gasteiger partial charge in [-0.05, 0) is 76.5 Å². The molecule has 3 rings (SSSR count). The maximum Gasteiger partial charge on any atom is 0.122 e. The molecule has 1 atom stereocenters. The first kappa shape index (κ1) is 15.8.